The molecule has 1 aromatic heterocycles. The Balaban J connectivity index is 1.80. The highest BCUT2D eigenvalue weighted by Gasteiger charge is 2.20. The van der Waals surface area contributed by atoms with Crippen molar-refractivity contribution in [2.45, 2.75) is 31.2 Å². The van der Waals surface area contributed by atoms with Crippen LogP contribution in [0, 0.1) is 6.92 Å². The average molecular weight is 333 g/mol. The summed E-state index contributed by atoms with van der Waals surface area (Å²) in [5, 5.41) is 2.75. The van der Waals surface area contributed by atoms with Gasteiger partial charge >= 0.3 is 0 Å². The van der Waals surface area contributed by atoms with Gasteiger partial charge in [0, 0.05) is 30.5 Å². The summed E-state index contributed by atoms with van der Waals surface area (Å²) in [6.45, 7) is 2.20. The number of benzene rings is 1. The molecule has 23 heavy (non-hydrogen) atoms. The summed E-state index contributed by atoms with van der Waals surface area (Å²) in [6.07, 6.45) is 0.939. The van der Waals surface area contributed by atoms with Crippen molar-refractivity contribution in [3.63, 3.8) is 0 Å². The minimum absolute atomic E-state index is 0.0368. The van der Waals surface area contributed by atoms with Gasteiger partial charge in [-0.15, -0.1) is 0 Å². The Morgan fingerprint density at radius 1 is 1.22 bits per heavy atom. The third-order valence-corrected chi connectivity index (χ3v) is 5.60. The maximum atomic E-state index is 12.5. The minimum atomic E-state index is -3.59. The normalized spacial score (nSPS) is 14.4. The lowest BCUT2D eigenvalue weighted by atomic mass is 10.0. The van der Waals surface area contributed by atoms with Crippen LogP contribution in [0.5, 0.6) is 0 Å². The van der Waals surface area contributed by atoms with Crippen molar-refractivity contribution in [3.8, 4) is 0 Å². The maximum absolute atomic E-state index is 12.5. The van der Waals surface area contributed by atoms with Gasteiger partial charge in [-0.05, 0) is 49.2 Å². The molecule has 0 unspecified atom stereocenters. The van der Waals surface area contributed by atoms with Gasteiger partial charge in [-0.3, -0.25) is 4.79 Å². The predicted octanol–water partition coefficient (Wildman–Crippen LogP) is 1.70. The summed E-state index contributed by atoms with van der Waals surface area (Å²) < 4.78 is 29.5. The van der Waals surface area contributed by atoms with Gasteiger partial charge in [0.1, 0.15) is 0 Å². The fourth-order valence-electron chi connectivity index (χ4n) is 2.62. The third kappa shape index (κ3) is 3.16. The van der Waals surface area contributed by atoms with Crippen LogP contribution in [0.4, 0.5) is 5.69 Å². The Labute approximate surface area is 135 Å². The number of aryl methyl sites for hydroxylation is 2. The van der Waals surface area contributed by atoms with Gasteiger partial charge in [-0.25, -0.2) is 13.1 Å². The number of aromatic nitrogens is 1. The molecule has 1 aromatic carbocycles. The lowest BCUT2D eigenvalue weighted by Crippen LogP contribution is -2.25. The second-order valence-electron chi connectivity index (χ2n) is 5.72. The van der Waals surface area contributed by atoms with E-state index in [1.54, 1.807) is 12.1 Å². The van der Waals surface area contributed by atoms with Crippen molar-refractivity contribution in [1.29, 1.82) is 0 Å². The molecule has 2 N–H and O–H groups in total. The van der Waals surface area contributed by atoms with Crippen molar-refractivity contribution in [2.75, 3.05) is 5.32 Å². The third-order valence-electron chi connectivity index (χ3n) is 4.20. The molecule has 0 atom stereocenters. The number of nitrogens with one attached hydrogen (secondary N) is 2. The topological polar surface area (TPSA) is 80.2 Å². The van der Waals surface area contributed by atoms with E-state index in [1.807, 2.05) is 30.7 Å². The van der Waals surface area contributed by atoms with E-state index in [1.165, 1.54) is 6.07 Å². The number of rotatable bonds is 4. The zero-order valence-corrected chi connectivity index (χ0v) is 13.9. The molecule has 3 rings (SSSR count). The lowest BCUT2D eigenvalue weighted by Gasteiger charge is -2.17. The van der Waals surface area contributed by atoms with Crippen LogP contribution in [0.1, 0.15) is 23.4 Å². The van der Waals surface area contributed by atoms with Crippen LogP contribution in [0.15, 0.2) is 35.2 Å². The number of sulfonamides is 1. The number of amides is 1. The molecule has 0 aliphatic carbocycles. The van der Waals surface area contributed by atoms with E-state index in [4.69, 9.17) is 0 Å². The first-order valence-corrected chi connectivity index (χ1v) is 8.89. The Hall–Kier alpha value is -2.12. The van der Waals surface area contributed by atoms with Crippen molar-refractivity contribution < 1.29 is 13.2 Å². The second-order valence-corrected chi connectivity index (χ2v) is 7.48. The SMILES string of the molecule is Cc1ccc(CNS(=O)(=O)c2ccc3c(c2)CCC(=O)N3)n1C. The summed E-state index contributed by atoms with van der Waals surface area (Å²) >= 11 is 0. The molecular weight excluding hydrogens is 314 g/mol. The number of carbonyl (C=O) groups excluding carboxylic acids is 1. The smallest absolute Gasteiger partial charge is 0.240 e. The Morgan fingerprint density at radius 3 is 2.70 bits per heavy atom. The molecule has 0 radical (unpaired) electrons. The lowest BCUT2D eigenvalue weighted by molar-refractivity contribution is -0.116. The zero-order valence-electron chi connectivity index (χ0n) is 13.1. The molecule has 2 aromatic rings. The van der Waals surface area contributed by atoms with Crippen LogP contribution >= 0.6 is 0 Å². The van der Waals surface area contributed by atoms with E-state index < -0.39 is 10.0 Å². The van der Waals surface area contributed by atoms with Gasteiger partial charge in [0.05, 0.1) is 11.4 Å². The van der Waals surface area contributed by atoms with Gasteiger partial charge in [0.15, 0.2) is 0 Å². The number of nitrogens with zero attached hydrogens (tertiary/aromatic N) is 1. The molecule has 0 saturated carbocycles. The van der Waals surface area contributed by atoms with Crippen LogP contribution in [-0.2, 0) is 34.8 Å². The molecule has 6 nitrogen and oxygen atoms in total. The van der Waals surface area contributed by atoms with E-state index >= 15 is 0 Å². The monoisotopic (exact) mass is 333 g/mol. The van der Waals surface area contributed by atoms with Crippen molar-refractivity contribution in [3.05, 3.63) is 47.3 Å². The van der Waals surface area contributed by atoms with Gasteiger partial charge in [0.2, 0.25) is 15.9 Å². The van der Waals surface area contributed by atoms with Crippen molar-refractivity contribution in [1.82, 2.24) is 9.29 Å². The molecule has 122 valence electrons. The Kier molecular flexibility index (Phi) is 3.99. The summed E-state index contributed by atoms with van der Waals surface area (Å²) in [4.78, 5) is 11.6. The molecular formula is C16H19N3O3S. The molecule has 0 saturated heterocycles. The Morgan fingerprint density at radius 2 is 2.00 bits per heavy atom. The molecule has 0 spiro atoms. The maximum Gasteiger partial charge on any atom is 0.240 e. The highest BCUT2D eigenvalue weighted by atomic mass is 32.2. The van der Waals surface area contributed by atoms with Crippen LogP contribution in [0.3, 0.4) is 0 Å². The van der Waals surface area contributed by atoms with E-state index in [0.29, 0.717) is 18.5 Å². The first-order valence-electron chi connectivity index (χ1n) is 7.40. The molecule has 0 bridgehead atoms. The first kappa shape index (κ1) is 15.8. The molecule has 0 fully saturated rings. The minimum Gasteiger partial charge on any atom is -0.351 e. The number of hydrogen-bond donors (Lipinski definition) is 2. The fraction of sp³-hybridized carbons (Fsp3) is 0.312. The fourth-order valence-corrected chi connectivity index (χ4v) is 3.67. The first-order chi connectivity index (χ1) is 10.9. The number of anilines is 1. The van der Waals surface area contributed by atoms with Gasteiger partial charge in [-0.1, -0.05) is 0 Å². The molecule has 1 aliphatic rings. The average Bonchev–Trinajstić information content (AvgIpc) is 2.84. The summed E-state index contributed by atoms with van der Waals surface area (Å²) in [5.74, 6) is -0.0368. The highest BCUT2D eigenvalue weighted by molar-refractivity contribution is 7.89. The molecule has 1 aliphatic heterocycles. The van der Waals surface area contributed by atoms with Gasteiger partial charge in [-0.2, -0.15) is 0 Å². The number of hydrogen-bond acceptors (Lipinski definition) is 3. The standard InChI is InChI=1S/C16H19N3O3S/c1-11-3-5-13(19(11)2)10-17-23(21,22)14-6-7-15-12(9-14)4-8-16(20)18-15/h3,5-7,9,17H,4,8,10H2,1-2H3,(H,18,20). The Bertz CT molecular complexity index is 869. The number of fused-ring (bicyclic) bond motifs is 1. The van der Waals surface area contributed by atoms with Crippen molar-refractivity contribution >= 4 is 21.6 Å². The zero-order chi connectivity index (χ0) is 16.6. The van der Waals surface area contributed by atoms with Crippen LogP contribution < -0.4 is 10.0 Å². The largest absolute Gasteiger partial charge is 0.351 e. The summed E-state index contributed by atoms with van der Waals surface area (Å²) in [6, 6.07) is 8.65. The van der Waals surface area contributed by atoms with E-state index in [-0.39, 0.29) is 17.3 Å². The van der Waals surface area contributed by atoms with E-state index in [0.717, 1.165) is 17.0 Å². The number of carbonyl (C=O) groups is 1. The second kappa shape index (κ2) is 5.82. The highest BCUT2D eigenvalue weighted by Crippen LogP contribution is 2.25. The van der Waals surface area contributed by atoms with Crippen LogP contribution in [0.25, 0.3) is 0 Å². The summed E-state index contributed by atoms with van der Waals surface area (Å²) in [7, 11) is -1.69. The summed E-state index contributed by atoms with van der Waals surface area (Å²) in [5.41, 5.74) is 3.51. The van der Waals surface area contributed by atoms with Gasteiger partial charge < -0.3 is 9.88 Å². The molecule has 1 amide bonds. The quantitative estimate of drug-likeness (QED) is 0.893. The van der Waals surface area contributed by atoms with E-state index in [9.17, 15) is 13.2 Å². The van der Waals surface area contributed by atoms with E-state index in [2.05, 4.69) is 10.0 Å². The molecule has 7 heteroatoms. The van der Waals surface area contributed by atoms with Crippen LogP contribution in [-0.4, -0.2) is 18.9 Å². The van der Waals surface area contributed by atoms with Gasteiger partial charge in [0.25, 0.3) is 0 Å². The predicted molar refractivity (Wildman–Crippen MR) is 87.6 cm³/mol. The van der Waals surface area contributed by atoms with Crippen molar-refractivity contribution in [2.24, 2.45) is 7.05 Å². The van der Waals surface area contributed by atoms with Crippen LogP contribution in [0.2, 0.25) is 0 Å². The molecule has 2 heterocycles.